The van der Waals surface area contributed by atoms with Crippen LogP contribution in [0.15, 0.2) is 53.1 Å². The van der Waals surface area contributed by atoms with E-state index in [2.05, 4.69) is 20.9 Å². The molecule has 1 heterocycles. The lowest BCUT2D eigenvalue weighted by Crippen LogP contribution is -2.06. The molecule has 2 aromatic carbocycles. The van der Waals surface area contributed by atoms with Crippen LogP contribution in [0.4, 0.5) is 4.39 Å². The van der Waals surface area contributed by atoms with Crippen LogP contribution in [-0.2, 0) is 0 Å². The fourth-order valence-electron chi connectivity index (χ4n) is 2.13. The van der Waals surface area contributed by atoms with Gasteiger partial charge in [-0.05, 0) is 40.2 Å². The SMILES string of the molecule is O=C(c1ccc(Br)c(Cl)c1F)c1cccc2cccnc12. The van der Waals surface area contributed by atoms with E-state index < -0.39 is 11.6 Å². The number of carbonyl (C=O) groups excluding carboxylic acids is 1. The van der Waals surface area contributed by atoms with Gasteiger partial charge in [-0.2, -0.15) is 0 Å². The molecule has 0 N–H and O–H groups in total. The molecule has 0 saturated heterocycles. The number of benzene rings is 2. The number of nitrogens with zero attached hydrogens (tertiary/aromatic N) is 1. The monoisotopic (exact) mass is 363 g/mol. The van der Waals surface area contributed by atoms with Crippen molar-refractivity contribution in [3.8, 4) is 0 Å². The molecule has 0 aliphatic rings. The molecule has 0 saturated carbocycles. The van der Waals surface area contributed by atoms with Crippen molar-refractivity contribution in [3.05, 3.63) is 75.1 Å². The average molecular weight is 365 g/mol. The summed E-state index contributed by atoms with van der Waals surface area (Å²) in [5.41, 5.74) is 0.829. The summed E-state index contributed by atoms with van der Waals surface area (Å²) in [6.07, 6.45) is 1.60. The van der Waals surface area contributed by atoms with Crippen molar-refractivity contribution in [1.82, 2.24) is 4.98 Å². The van der Waals surface area contributed by atoms with Crippen molar-refractivity contribution in [2.24, 2.45) is 0 Å². The molecule has 0 radical (unpaired) electrons. The Balaban J connectivity index is 2.20. The molecular weight excluding hydrogens is 357 g/mol. The van der Waals surface area contributed by atoms with E-state index >= 15 is 0 Å². The van der Waals surface area contributed by atoms with Gasteiger partial charge in [0.15, 0.2) is 11.6 Å². The Morgan fingerprint density at radius 3 is 2.67 bits per heavy atom. The van der Waals surface area contributed by atoms with Gasteiger partial charge in [0.1, 0.15) is 0 Å². The van der Waals surface area contributed by atoms with Gasteiger partial charge in [-0.15, -0.1) is 0 Å². The highest BCUT2D eigenvalue weighted by Gasteiger charge is 2.20. The second kappa shape index (κ2) is 5.54. The first-order valence-corrected chi connectivity index (χ1v) is 7.28. The van der Waals surface area contributed by atoms with Crippen molar-refractivity contribution < 1.29 is 9.18 Å². The number of hydrogen-bond acceptors (Lipinski definition) is 2. The van der Waals surface area contributed by atoms with Gasteiger partial charge in [-0.1, -0.05) is 29.8 Å². The lowest BCUT2D eigenvalue weighted by molar-refractivity contribution is 0.103. The topological polar surface area (TPSA) is 30.0 Å². The van der Waals surface area contributed by atoms with Crippen LogP contribution in [0, 0.1) is 5.82 Å². The van der Waals surface area contributed by atoms with E-state index in [1.54, 1.807) is 30.5 Å². The Hall–Kier alpha value is -1.78. The number of para-hydroxylation sites is 1. The van der Waals surface area contributed by atoms with Crippen LogP contribution in [0.2, 0.25) is 5.02 Å². The maximum Gasteiger partial charge on any atom is 0.198 e. The third kappa shape index (κ3) is 2.45. The van der Waals surface area contributed by atoms with Crippen LogP contribution < -0.4 is 0 Å². The molecular formula is C16H8BrClFNO. The minimum atomic E-state index is -0.732. The van der Waals surface area contributed by atoms with Crippen molar-refractivity contribution in [1.29, 1.82) is 0 Å². The summed E-state index contributed by atoms with van der Waals surface area (Å²) in [7, 11) is 0. The quantitative estimate of drug-likeness (QED) is 0.472. The standard InChI is InChI=1S/C16H8BrClFNO/c17-12-7-6-10(14(19)13(12)18)16(21)11-5-1-3-9-4-2-8-20-15(9)11/h1-8H. The Labute approximate surface area is 133 Å². The summed E-state index contributed by atoms with van der Waals surface area (Å²) in [4.78, 5) is 16.8. The molecule has 0 fully saturated rings. The number of rotatable bonds is 2. The smallest absolute Gasteiger partial charge is 0.198 e. The second-order valence-corrected chi connectivity index (χ2v) is 5.67. The second-order valence-electron chi connectivity index (χ2n) is 4.43. The van der Waals surface area contributed by atoms with E-state index in [4.69, 9.17) is 11.6 Å². The van der Waals surface area contributed by atoms with E-state index in [9.17, 15) is 9.18 Å². The minimum absolute atomic E-state index is 0.0682. The highest BCUT2D eigenvalue weighted by Crippen LogP contribution is 2.29. The Bertz CT molecular complexity index is 861. The first kappa shape index (κ1) is 14.2. The molecule has 0 aliphatic carbocycles. The van der Waals surface area contributed by atoms with Crippen LogP contribution in [0.5, 0.6) is 0 Å². The zero-order valence-electron chi connectivity index (χ0n) is 10.6. The van der Waals surface area contributed by atoms with Gasteiger partial charge in [-0.25, -0.2) is 4.39 Å². The number of halogens is 3. The first-order valence-electron chi connectivity index (χ1n) is 6.11. The van der Waals surface area contributed by atoms with Crippen molar-refractivity contribution >= 4 is 44.2 Å². The van der Waals surface area contributed by atoms with E-state index in [1.165, 1.54) is 6.07 Å². The Morgan fingerprint density at radius 1 is 1.10 bits per heavy atom. The molecule has 104 valence electrons. The highest BCUT2D eigenvalue weighted by atomic mass is 79.9. The number of carbonyl (C=O) groups is 1. The van der Waals surface area contributed by atoms with E-state index in [-0.39, 0.29) is 10.6 Å². The average Bonchev–Trinajstić information content (AvgIpc) is 2.51. The molecule has 0 unspecified atom stereocenters. The molecule has 3 rings (SSSR count). The molecule has 3 aromatic rings. The van der Waals surface area contributed by atoms with Gasteiger partial charge < -0.3 is 0 Å². The van der Waals surface area contributed by atoms with Crippen LogP contribution in [0.3, 0.4) is 0 Å². The molecule has 0 atom stereocenters. The summed E-state index contributed by atoms with van der Waals surface area (Å²) >= 11 is 8.97. The fourth-order valence-corrected chi connectivity index (χ4v) is 2.60. The van der Waals surface area contributed by atoms with Crippen LogP contribution >= 0.6 is 27.5 Å². The van der Waals surface area contributed by atoms with E-state index in [0.717, 1.165) is 5.39 Å². The van der Waals surface area contributed by atoms with Crippen LogP contribution in [-0.4, -0.2) is 10.8 Å². The van der Waals surface area contributed by atoms with Crippen LogP contribution in [0.1, 0.15) is 15.9 Å². The van der Waals surface area contributed by atoms with Gasteiger partial charge in [0.05, 0.1) is 16.1 Å². The van der Waals surface area contributed by atoms with Gasteiger partial charge >= 0.3 is 0 Å². The van der Waals surface area contributed by atoms with Crippen molar-refractivity contribution in [3.63, 3.8) is 0 Å². The summed E-state index contributed by atoms with van der Waals surface area (Å²) in [5, 5.41) is 0.723. The lowest BCUT2D eigenvalue weighted by atomic mass is 10.00. The number of hydrogen-bond donors (Lipinski definition) is 0. The van der Waals surface area contributed by atoms with Gasteiger partial charge in [0.2, 0.25) is 0 Å². The molecule has 2 nitrogen and oxygen atoms in total. The normalized spacial score (nSPS) is 10.8. The first-order chi connectivity index (χ1) is 10.1. The number of pyridine rings is 1. The Morgan fingerprint density at radius 2 is 1.86 bits per heavy atom. The largest absolute Gasteiger partial charge is 0.288 e. The fraction of sp³-hybridized carbons (Fsp3) is 0. The summed E-state index contributed by atoms with van der Waals surface area (Å²) < 4.78 is 14.6. The molecule has 5 heteroatoms. The van der Waals surface area contributed by atoms with Gasteiger partial charge in [-0.3, -0.25) is 9.78 Å². The molecule has 1 aromatic heterocycles. The molecule has 0 spiro atoms. The zero-order valence-corrected chi connectivity index (χ0v) is 13.0. The van der Waals surface area contributed by atoms with Crippen molar-refractivity contribution in [2.75, 3.05) is 0 Å². The summed E-state index contributed by atoms with van der Waals surface area (Å²) in [5.74, 6) is -1.17. The minimum Gasteiger partial charge on any atom is -0.288 e. The third-order valence-corrected chi connectivity index (χ3v) is 4.42. The predicted octanol–water partition coefficient (Wildman–Crippen LogP) is 5.02. The zero-order chi connectivity index (χ0) is 15.0. The highest BCUT2D eigenvalue weighted by molar-refractivity contribution is 9.10. The lowest BCUT2D eigenvalue weighted by Gasteiger charge is -2.07. The van der Waals surface area contributed by atoms with E-state index in [1.807, 2.05) is 12.1 Å². The molecule has 0 aliphatic heterocycles. The predicted molar refractivity (Wildman–Crippen MR) is 84.3 cm³/mol. The summed E-state index contributed by atoms with van der Waals surface area (Å²) in [6.45, 7) is 0. The van der Waals surface area contributed by atoms with Crippen LogP contribution in [0.25, 0.3) is 10.9 Å². The third-order valence-electron chi connectivity index (χ3n) is 3.16. The van der Waals surface area contributed by atoms with Crippen molar-refractivity contribution in [2.45, 2.75) is 0 Å². The number of fused-ring (bicyclic) bond motifs is 1. The Kier molecular flexibility index (Phi) is 3.74. The van der Waals surface area contributed by atoms with E-state index in [0.29, 0.717) is 15.6 Å². The maximum absolute atomic E-state index is 14.2. The van der Waals surface area contributed by atoms with Gasteiger partial charge in [0.25, 0.3) is 0 Å². The number of ketones is 1. The molecule has 0 amide bonds. The maximum atomic E-state index is 14.2. The molecule has 21 heavy (non-hydrogen) atoms. The van der Waals surface area contributed by atoms with Gasteiger partial charge in [0, 0.05) is 21.6 Å². The molecule has 0 bridgehead atoms. The summed E-state index contributed by atoms with van der Waals surface area (Å²) in [6, 6.07) is 11.8. The number of aromatic nitrogens is 1.